The molecule has 1 saturated carbocycles. The Morgan fingerprint density at radius 3 is 2.50 bits per heavy atom. The maximum atomic E-state index is 12.6. The van der Waals surface area contributed by atoms with Crippen LogP contribution in [0.3, 0.4) is 0 Å². The third-order valence-electron chi connectivity index (χ3n) is 6.62. The minimum atomic E-state index is -0.353. The molecule has 1 aliphatic heterocycles. The highest BCUT2D eigenvalue weighted by atomic mass is 16.3. The zero-order valence-corrected chi connectivity index (χ0v) is 15.6. The predicted molar refractivity (Wildman–Crippen MR) is 100 cm³/mol. The van der Waals surface area contributed by atoms with Gasteiger partial charge in [0.05, 0.1) is 12.3 Å². The topological polar surface area (TPSA) is 64.3 Å². The quantitative estimate of drug-likeness (QED) is 0.909. The summed E-state index contributed by atoms with van der Waals surface area (Å²) in [4.78, 5) is 14.8. The van der Waals surface area contributed by atoms with Gasteiger partial charge in [-0.2, -0.15) is 5.26 Å². The lowest BCUT2D eigenvalue weighted by Gasteiger charge is -2.38. The summed E-state index contributed by atoms with van der Waals surface area (Å²) in [6.45, 7) is 5.91. The van der Waals surface area contributed by atoms with Crippen molar-refractivity contribution in [2.24, 2.45) is 5.41 Å². The largest absolute Gasteiger partial charge is 0.395 e. The van der Waals surface area contributed by atoms with Crippen LogP contribution in [-0.4, -0.2) is 35.5 Å². The van der Waals surface area contributed by atoms with Crippen molar-refractivity contribution in [3.8, 4) is 6.07 Å². The van der Waals surface area contributed by atoms with E-state index >= 15 is 0 Å². The zero-order chi connectivity index (χ0) is 18.5. The van der Waals surface area contributed by atoms with Gasteiger partial charge in [-0.3, -0.25) is 4.79 Å². The van der Waals surface area contributed by atoms with E-state index in [1.54, 1.807) is 0 Å². The number of piperidine rings is 1. The van der Waals surface area contributed by atoms with E-state index in [2.05, 4.69) is 17.0 Å². The number of aliphatic hydroxyl groups is 1. The second kappa shape index (κ2) is 5.96. The van der Waals surface area contributed by atoms with Gasteiger partial charge in [-0.15, -0.1) is 0 Å². The Hall–Kier alpha value is -2.12. The van der Waals surface area contributed by atoms with Crippen molar-refractivity contribution in [1.82, 2.24) is 4.90 Å². The van der Waals surface area contributed by atoms with Crippen LogP contribution in [0.25, 0.3) is 5.70 Å². The van der Waals surface area contributed by atoms with Gasteiger partial charge in [0.1, 0.15) is 11.6 Å². The monoisotopic (exact) mass is 350 g/mol. The van der Waals surface area contributed by atoms with Crippen molar-refractivity contribution in [3.63, 3.8) is 0 Å². The molecule has 3 aliphatic rings. The molecule has 0 amide bonds. The van der Waals surface area contributed by atoms with E-state index in [-0.39, 0.29) is 17.8 Å². The Labute approximate surface area is 155 Å². The molecule has 2 fully saturated rings. The van der Waals surface area contributed by atoms with Gasteiger partial charge in [0.15, 0.2) is 5.78 Å². The number of carbonyl (C=O) groups is 1. The van der Waals surface area contributed by atoms with Crippen LogP contribution in [0.1, 0.15) is 56.2 Å². The Morgan fingerprint density at radius 1 is 1.23 bits per heavy atom. The molecule has 0 atom stereocenters. The molecule has 136 valence electrons. The Bertz CT molecular complexity index is 830. The first-order chi connectivity index (χ1) is 12.4. The lowest BCUT2D eigenvalue weighted by Crippen LogP contribution is -2.36. The average molecular weight is 350 g/mol. The van der Waals surface area contributed by atoms with E-state index in [9.17, 15) is 15.2 Å². The first kappa shape index (κ1) is 17.3. The van der Waals surface area contributed by atoms with Crippen molar-refractivity contribution in [2.75, 3.05) is 19.7 Å². The van der Waals surface area contributed by atoms with Gasteiger partial charge in [-0.05, 0) is 48.3 Å². The highest BCUT2D eigenvalue weighted by molar-refractivity contribution is 6.10. The van der Waals surface area contributed by atoms with E-state index in [0.717, 1.165) is 48.3 Å². The van der Waals surface area contributed by atoms with E-state index in [1.165, 1.54) is 12.8 Å². The molecule has 0 bridgehead atoms. The molecular formula is C22H26N2O2. The summed E-state index contributed by atoms with van der Waals surface area (Å²) >= 11 is 0. The minimum absolute atomic E-state index is 0.0567. The summed E-state index contributed by atoms with van der Waals surface area (Å²) in [5.74, 6) is -0.0733. The molecule has 1 heterocycles. The fourth-order valence-electron chi connectivity index (χ4n) is 4.32. The summed E-state index contributed by atoms with van der Waals surface area (Å²) in [6, 6.07) is 8.29. The molecule has 4 nitrogen and oxygen atoms in total. The normalized spacial score (nSPS) is 21.6. The van der Waals surface area contributed by atoms with Crippen LogP contribution < -0.4 is 0 Å². The van der Waals surface area contributed by atoms with Gasteiger partial charge in [0, 0.05) is 30.5 Å². The number of benzene rings is 1. The number of hydrogen-bond acceptors (Lipinski definition) is 4. The summed E-state index contributed by atoms with van der Waals surface area (Å²) in [5.41, 5.74) is 4.37. The lowest BCUT2D eigenvalue weighted by molar-refractivity contribution is -0.114. The highest BCUT2D eigenvalue weighted by Gasteiger charge is 2.45. The summed E-state index contributed by atoms with van der Waals surface area (Å²) in [6.07, 6.45) is 5.26. The summed E-state index contributed by atoms with van der Waals surface area (Å²) in [7, 11) is 0. The van der Waals surface area contributed by atoms with E-state index in [1.807, 2.05) is 26.0 Å². The minimum Gasteiger partial charge on any atom is -0.395 e. The van der Waals surface area contributed by atoms with Crippen molar-refractivity contribution in [3.05, 3.63) is 40.5 Å². The van der Waals surface area contributed by atoms with E-state index < -0.39 is 0 Å². The lowest BCUT2D eigenvalue weighted by atomic mass is 9.80. The average Bonchev–Trinajstić information content (AvgIpc) is 3.40. The second-order valence-corrected chi connectivity index (χ2v) is 8.84. The number of aliphatic hydroxyl groups excluding tert-OH is 1. The van der Waals surface area contributed by atoms with Crippen molar-refractivity contribution < 1.29 is 9.90 Å². The number of Topliss-reactive ketones (excluding diaryl/α,β-unsaturated/α-hetero) is 1. The predicted octanol–water partition coefficient (Wildman–Crippen LogP) is 3.19. The fourth-order valence-corrected chi connectivity index (χ4v) is 4.32. The van der Waals surface area contributed by atoms with Crippen LogP contribution in [0.15, 0.2) is 23.8 Å². The maximum Gasteiger partial charge on any atom is 0.179 e. The van der Waals surface area contributed by atoms with Gasteiger partial charge >= 0.3 is 0 Å². The van der Waals surface area contributed by atoms with Crippen molar-refractivity contribution in [1.29, 1.82) is 5.26 Å². The maximum absolute atomic E-state index is 12.6. The van der Waals surface area contributed by atoms with Crippen molar-refractivity contribution in [2.45, 2.75) is 51.4 Å². The molecule has 4 rings (SSSR count). The Kier molecular flexibility index (Phi) is 3.96. The zero-order valence-electron chi connectivity index (χ0n) is 15.6. The van der Waals surface area contributed by atoms with Gasteiger partial charge in [-0.1, -0.05) is 26.0 Å². The van der Waals surface area contributed by atoms with Gasteiger partial charge in [0.25, 0.3) is 0 Å². The number of nitriles is 1. The number of carbonyl (C=O) groups excluding carboxylic acids is 1. The fraction of sp³-hybridized carbons (Fsp3) is 0.545. The molecule has 0 unspecified atom stereocenters. The molecule has 2 aliphatic carbocycles. The number of hydrogen-bond donors (Lipinski definition) is 1. The first-order valence-corrected chi connectivity index (χ1v) is 9.56. The molecular weight excluding hydrogens is 324 g/mol. The molecule has 4 heteroatoms. The highest BCUT2D eigenvalue weighted by Crippen LogP contribution is 2.54. The Balaban J connectivity index is 1.78. The van der Waals surface area contributed by atoms with Gasteiger partial charge in [-0.25, -0.2) is 0 Å². The molecule has 1 saturated heterocycles. The number of rotatable bonds is 3. The third-order valence-corrected chi connectivity index (χ3v) is 6.62. The standard InChI is InChI=1S/C22H26N2O2/c1-21(2,14-25)16-4-3-15-11-19(26)18(13-23)20(17(15)12-16)24-9-7-22(5-6-22)8-10-24/h3-4,12,25H,5-11,14H2,1-2H3. The second-order valence-electron chi connectivity index (χ2n) is 8.84. The third kappa shape index (κ3) is 2.75. The first-order valence-electron chi connectivity index (χ1n) is 9.56. The van der Waals surface area contributed by atoms with Crippen molar-refractivity contribution >= 4 is 11.5 Å². The smallest absolute Gasteiger partial charge is 0.179 e. The molecule has 1 aromatic carbocycles. The molecule has 26 heavy (non-hydrogen) atoms. The number of likely N-dealkylation sites (tertiary alicyclic amines) is 1. The molecule has 1 spiro atoms. The van der Waals surface area contributed by atoms with Gasteiger partial charge in [0.2, 0.25) is 0 Å². The molecule has 0 radical (unpaired) electrons. The molecule has 0 aromatic heterocycles. The van der Waals surface area contributed by atoms with Crippen LogP contribution in [0.4, 0.5) is 0 Å². The number of ketones is 1. The SMILES string of the molecule is CC(C)(CO)c1ccc2c(c1)C(N1CCC3(CC1)CC3)=C(C#N)C(=O)C2. The molecule has 1 aromatic rings. The van der Waals surface area contributed by atoms with Crippen LogP contribution in [0.5, 0.6) is 0 Å². The van der Waals surface area contributed by atoms with Gasteiger partial charge < -0.3 is 10.0 Å². The van der Waals surface area contributed by atoms with Crippen LogP contribution in [-0.2, 0) is 16.6 Å². The number of fused-ring (bicyclic) bond motifs is 1. The van der Waals surface area contributed by atoms with E-state index in [0.29, 0.717) is 17.4 Å². The summed E-state index contributed by atoms with van der Waals surface area (Å²) in [5, 5.41) is 19.4. The number of nitrogens with zero attached hydrogens (tertiary/aromatic N) is 2. The Morgan fingerprint density at radius 2 is 1.92 bits per heavy atom. The molecule has 1 N–H and O–H groups in total. The van der Waals surface area contributed by atoms with Crippen LogP contribution in [0.2, 0.25) is 0 Å². The van der Waals surface area contributed by atoms with Crippen LogP contribution in [0, 0.1) is 16.7 Å². The number of allylic oxidation sites excluding steroid dienone is 1. The summed E-state index contributed by atoms with van der Waals surface area (Å²) < 4.78 is 0. The van der Waals surface area contributed by atoms with Crippen LogP contribution >= 0.6 is 0 Å². The van der Waals surface area contributed by atoms with E-state index in [4.69, 9.17) is 0 Å².